The van der Waals surface area contributed by atoms with Gasteiger partial charge in [0.2, 0.25) is 0 Å². The Kier molecular flexibility index (Phi) is 4.71. The number of nitrogens with one attached hydrogen (secondary N) is 1. The van der Waals surface area contributed by atoms with Crippen molar-refractivity contribution >= 4 is 16.9 Å². The maximum absolute atomic E-state index is 13.0. The molecule has 1 aromatic carbocycles. The van der Waals surface area contributed by atoms with Crippen LogP contribution in [-0.2, 0) is 17.3 Å². The molecule has 0 fully saturated rings. The van der Waals surface area contributed by atoms with Gasteiger partial charge < -0.3 is 9.72 Å². The molecule has 4 nitrogen and oxygen atoms in total. The molecule has 7 heteroatoms. The summed E-state index contributed by atoms with van der Waals surface area (Å²) in [5.74, 6) is -0.469. The third kappa shape index (κ3) is 3.54. The molecule has 0 amide bonds. The number of pyridine rings is 1. The van der Waals surface area contributed by atoms with Gasteiger partial charge in [-0.2, -0.15) is 13.2 Å². The number of fused-ring (bicyclic) bond motifs is 1. The Morgan fingerprint density at radius 2 is 1.89 bits per heavy atom. The number of rotatable bonds is 3. The lowest BCUT2D eigenvalue weighted by Crippen LogP contribution is -2.09. The van der Waals surface area contributed by atoms with Gasteiger partial charge >= 0.3 is 12.1 Å². The zero-order chi connectivity index (χ0) is 19.9. The quantitative estimate of drug-likeness (QED) is 0.663. The first-order chi connectivity index (χ1) is 12.6. The van der Waals surface area contributed by atoms with Gasteiger partial charge in [-0.15, -0.1) is 0 Å². The number of H-pyrrole nitrogens is 1. The number of carbonyl (C=O) groups is 1. The van der Waals surface area contributed by atoms with E-state index in [0.29, 0.717) is 23.1 Å². The van der Waals surface area contributed by atoms with Crippen LogP contribution in [0, 0.1) is 20.8 Å². The van der Waals surface area contributed by atoms with E-state index >= 15 is 0 Å². The lowest BCUT2D eigenvalue weighted by atomic mass is 9.98. The summed E-state index contributed by atoms with van der Waals surface area (Å²) in [7, 11) is 1.31. The third-order valence-electron chi connectivity index (χ3n) is 4.78. The lowest BCUT2D eigenvalue weighted by Gasteiger charge is -2.11. The number of methoxy groups -OCH3 is 1. The van der Waals surface area contributed by atoms with Crippen molar-refractivity contribution in [3.8, 4) is 0 Å². The van der Waals surface area contributed by atoms with Crippen LogP contribution in [-0.4, -0.2) is 23.0 Å². The molecule has 0 aliphatic carbocycles. The van der Waals surface area contributed by atoms with E-state index in [1.807, 2.05) is 19.9 Å². The van der Waals surface area contributed by atoms with Crippen molar-refractivity contribution in [2.45, 2.75) is 33.4 Å². The van der Waals surface area contributed by atoms with Crippen molar-refractivity contribution in [3.05, 3.63) is 63.6 Å². The Morgan fingerprint density at radius 3 is 2.52 bits per heavy atom. The minimum absolute atomic E-state index is 0.379. The van der Waals surface area contributed by atoms with Crippen LogP contribution in [0.2, 0.25) is 0 Å². The van der Waals surface area contributed by atoms with E-state index in [9.17, 15) is 18.0 Å². The summed E-state index contributed by atoms with van der Waals surface area (Å²) in [6.07, 6.45) is -2.49. The molecule has 0 radical (unpaired) electrons. The highest BCUT2D eigenvalue weighted by molar-refractivity contribution is 5.91. The fourth-order valence-electron chi connectivity index (χ4n) is 3.27. The van der Waals surface area contributed by atoms with Crippen molar-refractivity contribution < 1.29 is 22.7 Å². The smallest absolute Gasteiger partial charge is 0.416 e. The second-order valence-corrected chi connectivity index (χ2v) is 6.58. The van der Waals surface area contributed by atoms with Crippen LogP contribution in [0.15, 0.2) is 24.4 Å². The van der Waals surface area contributed by atoms with Crippen molar-refractivity contribution in [1.29, 1.82) is 0 Å². The molecule has 3 rings (SSSR count). The van der Waals surface area contributed by atoms with Gasteiger partial charge in [-0.05, 0) is 55.7 Å². The van der Waals surface area contributed by atoms with Crippen LogP contribution >= 0.6 is 0 Å². The number of esters is 1. The van der Waals surface area contributed by atoms with Crippen LogP contribution in [0.1, 0.15) is 44.0 Å². The first-order valence-corrected chi connectivity index (χ1v) is 8.34. The summed E-state index contributed by atoms with van der Waals surface area (Å²) in [5, 5.41) is 0.741. The van der Waals surface area contributed by atoms with E-state index in [0.717, 1.165) is 40.0 Å². The van der Waals surface area contributed by atoms with E-state index in [4.69, 9.17) is 4.74 Å². The largest absolute Gasteiger partial charge is 0.465 e. The van der Waals surface area contributed by atoms with Gasteiger partial charge in [0.05, 0.1) is 18.2 Å². The Labute approximate surface area is 154 Å². The monoisotopic (exact) mass is 376 g/mol. The Balaban J connectivity index is 2.05. The van der Waals surface area contributed by atoms with Crippen molar-refractivity contribution in [1.82, 2.24) is 9.97 Å². The average molecular weight is 376 g/mol. The van der Waals surface area contributed by atoms with E-state index < -0.39 is 17.7 Å². The first kappa shape index (κ1) is 18.9. The molecule has 0 unspecified atom stereocenters. The Morgan fingerprint density at radius 1 is 1.19 bits per heavy atom. The van der Waals surface area contributed by atoms with Crippen LogP contribution in [0.3, 0.4) is 0 Å². The summed E-state index contributed by atoms with van der Waals surface area (Å²) in [6, 6.07) is 4.11. The van der Waals surface area contributed by atoms with Gasteiger partial charge in [0, 0.05) is 34.9 Å². The fraction of sp³-hybridized carbons (Fsp3) is 0.300. The standard InChI is InChI=1S/C20H19F3N2O2/c1-10-5-13(20(21,22)23)6-18-15(10)7-14(25-18)8-16-11(2)17(19(26)27-4)9-24-12(16)3/h5-7,9,25H,8H2,1-4H3. The summed E-state index contributed by atoms with van der Waals surface area (Å²) in [6.45, 7) is 5.30. The average Bonchev–Trinajstić information content (AvgIpc) is 3.00. The normalized spacial score (nSPS) is 11.8. The summed E-state index contributed by atoms with van der Waals surface area (Å²) in [4.78, 5) is 19.2. The number of benzene rings is 1. The van der Waals surface area contributed by atoms with Crippen LogP contribution < -0.4 is 0 Å². The second kappa shape index (κ2) is 6.72. The van der Waals surface area contributed by atoms with E-state index in [1.54, 1.807) is 6.92 Å². The minimum atomic E-state index is -4.39. The maximum Gasteiger partial charge on any atom is 0.416 e. The number of hydrogen-bond donors (Lipinski definition) is 1. The molecule has 0 atom stereocenters. The number of aromatic amines is 1. The van der Waals surface area contributed by atoms with Gasteiger partial charge in [0.1, 0.15) is 0 Å². The maximum atomic E-state index is 13.0. The van der Waals surface area contributed by atoms with Crippen molar-refractivity contribution in [2.24, 2.45) is 0 Å². The topological polar surface area (TPSA) is 55.0 Å². The van der Waals surface area contributed by atoms with Gasteiger partial charge in [-0.25, -0.2) is 4.79 Å². The zero-order valence-electron chi connectivity index (χ0n) is 15.4. The molecule has 27 heavy (non-hydrogen) atoms. The van der Waals surface area contributed by atoms with Crippen molar-refractivity contribution in [3.63, 3.8) is 0 Å². The molecule has 2 heterocycles. The zero-order valence-corrected chi connectivity index (χ0v) is 15.4. The number of hydrogen-bond acceptors (Lipinski definition) is 3. The van der Waals surface area contributed by atoms with E-state index in [-0.39, 0.29) is 0 Å². The number of ether oxygens (including phenoxy) is 1. The van der Waals surface area contributed by atoms with Gasteiger partial charge in [-0.1, -0.05) is 0 Å². The molecule has 0 aliphatic rings. The molecular weight excluding hydrogens is 357 g/mol. The molecule has 2 aromatic heterocycles. The first-order valence-electron chi connectivity index (χ1n) is 8.34. The van der Waals surface area contributed by atoms with Crippen molar-refractivity contribution in [2.75, 3.05) is 7.11 Å². The predicted molar refractivity (Wildman–Crippen MR) is 95.9 cm³/mol. The number of alkyl halides is 3. The molecule has 0 bridgehead atoms. The summed E-state index contributed by atoms with van der Waals surface area (Å²) >= 11 is 0. The highest BCUT2D eigenvalue weighted by atomic mass is 19.4. The molecular formula is C20H19F3N2O2. The summed E-state index contributed by atoms with van der Waals surface area (Å²) < 4.78 is 43.9. The molecule has 3 aromatic rings. The molecule has 0 spiro atoms. The molecule has 0 saturated carbocycles. The Bertz CT molecular complexity index is 1040. The van der Waals surface area contributed by atoms with Gasteiger partial charge in [0.15, 0.2) is 0 Å². The highest BCUT2D eigenvalue weighted by Crippen LogP contribution is 2.33. The number of aromatic nitrogens is 2. The van der Waals surface area contributed by atoms with Gasteiger partial charge in [-0.3, -0.25) is 4.98 Å². The number of carbonyl (C=O) groups excluding carboxylic acids is 1. The predicted octanol–water partition coefficient (Wildman–Crippen LogP) is 4.88. The van der Waals surface area contributed by atoms with E-state index in [1.165, 1.54) is 13.3 Å². The second-order valence-electron chi connectivity index (χ2n) is 6.58. The number of halogens is 3. The van der Waals surface area contributed by atoms with Crippen LogP contribution in [0.5, 0.6) is 0 Å². The summed E-state index contributed by atoms with van der Waals surface area (Å²) in [5.41, 5.74) is 3.79. The van der Waals surface area contributed by atoms with Crippen LogP contribution in [0.25, 0.3) is 10.9 Å². The van der Waals surface area contributed by atoms with E-state index in [2.05, 4.69) is 9.97 Å². The fourth-order valence-corrected chi connectivity index (χ4v) is 3.27. The minimum Gasteiger partial charge on any atom is -0.465 e. The number of nitrogens with zero attached hydrogens (tertiary/aromatic N) is 1. The molecule has 0 saturated heterocycles. The molecule has 1 N–H and O–H groups in total. The number of aryl methyl sites for hydroxylation is 2. The highest BCUT2D eigenvalue weighted by Gasteiger charge is 2.31. The van der Waals surface area contributed by atoms with Crippen LogP contribution in [0.4, 0.5) is 13.2 Å². The SMILES string of the molecule is COC(=O)c1cnc(C)c(Cc2cc3c(C)cc(C(F)(F)F)cc3[nH]2)c1C. The molecule has 0 aliphatic heterocycles. The van der Waals surface area contributed by atoms with Gasteiger partial charge in [0.25, 0.3) is 0 Å². The lowest BCUT2D eigenvalue weighted by molar-refractivity contribution is -0.137. The molecule has 142 valence electrons. The third-order valence-corrected chi connectivity index (χ3v) is 4.78. The Hall–Kier alpha value is -2.83.